The van der Waals surface area contributed by atoms with E-state index in [2.05, 4.69) is 0 Å². The van der Waals surface area contributed by atoms with Crippen molar-refractivity contribution in [3.05, 3.63) is 74.4 Å². The molecule has 2 N–H and O–H groups in total. The quantitative estimate of drug-likeness (QED) is 0.236. The van der Waals surface area contributed by atoms with Crippen molar-refractivity contribution >= 4 is 40.4 Å². The first kappa shape index (κ1) is 25.4. The lowest BCUT2D eigenvalue weighted by Gasteiger charge is -2.25. The van der Waals surface area contributed by atoms with Gasteiger partial charge in [0.25, 0.3) is 11.7 Å². The maximum Gasteiger partial charge on any atom is 0.295 e. The molecule has 0 aliphatic carbocycles. The monoisotopic (exact) mass is 529 g/mol. The highest BCUT2D eigenvalue weighted by Crippen LogP contribution is 2.45. The molecule has 1 aliphatic rings. The fourth-order valence-electron chi connectivity index (χ4n) is 4.12. The predicted molar refractivity (Wildman–Crippen MR) is 136 cm³/mol. The molecule has 0 bridgehead atoms. The number of Topliss-reactive ketones (excluding diaryl/α,β-unsaturated/α-hetero) is 1. The molecule has 1 unspecified atom stereocenters. The normalized spacial score (nSPS) is 16.9. The lowest BCUT2D eigenvalue weighted by atomic mass is 9.94. The summed E-state index contributed by atoms with van der Waals surface area (Å²) in [5.41, 5.74) is 0.475. The van der Waals surface area contributed by atoms with Gasteiger partial charge in [0, 0.05) is 10.9 Å². The van der Waals surface area contributed by atoms with Gasteiger partial charge < -0.3 is 29.3 Å². The van der Waals surface area contributed by atoms with Crippen molar-refractivity contribution in [3.8, 4) is 23.0 Å². The third-order valence-corrected chi connectivity index (χ3v) is 6.93. The Hall–Kier alpha value is -3.69. The van der Waals surface area contributed by atoms with Crippen LogP contribution in [0.2, 0.25) is 5.02 Å². The minimum atomic E-state index is -0.961. The van der Waals surface area contributed by atoms with Crippen molar-refractivity contribution < 1.29 is 34.0 Å². The lowest BCUT2D eigenvalue weighted by Crippen LogP contribution is -2.28. The van der Waals surface area contributed by atoms with Crippen molar-refractivity contribution in [3.63, 3.8) is 0 Å². The molecule has 10 heteroatoms. The number of methoxy groups -OCH3 is 2. The van der Waals surface area contributed by atoms with Crippen molar-refractivity contribution in [2.24, 2.45) is 0 Å². The van der Waals surface area contributed by atoms with E-state index in [-0.39, 0.29) is 40.0 Å². The molecule has 188 valence electrons. The van der Waals surface area contributed by atoms with Crippen molar-refractivity contribution in [1.82, 2.24) is 4.90 Å². The molecule has 4 rings (SSSR count). The summed E-state index contributed by atoms with van der Waals surface area (Å²) in [4.78, 5) is 28.8. The second-order valence-electron chi connectivity index (χ2n) is 7.85. The van der Waals surface area contributed by atoms with Crippen LogP contribution < -0.4 is 14.2 Å². The Balaban J connectivity index is 1.94. The first-order valence-electron chi connectivity index (χ1n) is 11.0. The number of aromatic hydroxyl groups is 1. The van der Waals surface area contributed by atoms with E-state index < -0.39 is 23.5 Å². The number of hydrogen-bond donors (Lipinski definition) is 2. The number of benzene rings is 2. The Morgan fingerprint density at radius 1 is 1.08 bits per heavy atom. The summed E-state index contributed by atoms with van der Waals surface area (Å²) in [6.45, 7) is 2.22. The van der Waals surface area contributed by atoms with Gasteiger partial charge in [0.15, 0.2) is 11.5 Å². The number of ketones is 1. The second-order valence-corrected chi connectivity index (χ2v) is 9.29. The largest absolute Gasteiger partial charge is 0.507 e. The number of thiophene rings is 1. The van der Waals surface area contributed by atoms with E-state index >= 15 is 0 Å². The van der Waals surface area contributed by atoms with Crippen LogP contribution in [0.5, 0.6) is 23.0 Å². The van der Waals surface area contributed by atoms with Gasteiger partial charge in [-0.2, -0.15) is 0 Å². The number of carbonyl (C=O) groups excluding carboxylic acids is 2. The molecule has 2 heterocycles. The van der Waals surface area contributed by atoms with Crippen LogP contribution in [0.25, 0.3) is 5.76 Å². The molecule has 36 heavy (non-hydrogen) atoms. The van der Waals surface area contributed by atoms with E-state index in [4.69, 9.17) is 25.8 Å². The smallest absolute Gasteiger partial charge is 0.295 e. The van der Waals surface area contributed by atoms with Crippen LogP contribution >= 0.6 is 22.9 Å². The second kappa shape index (κ2) is 10.5. The number of likely N-dealkylation sites (tertiary alicyclic amines) is 1. The van der Waals surface area contributed by atoms with Crippen molar-refractivity contribution in [2.75, 3.05) is 20.8 Å². The van der Waals surface area contributed by atoms with Crippen LogP contribution in [-0.2, 0) is 16.1 Å². The van der Waals surface area contributed by atoms with Crippen LogP contribution in [-0.4, -0.2) is 47.6 Å². The van der Waals surface area contributed by atoms with E-state index in [1.165, 1.54) is 48.7 Å². The third-order valence-electron chi connectivity index (χ3n) is 5.77. The van der Waals surface area contributed by atoms with Gasteiger partial charge in [0.1, 0.15) is 17.3 Å². The maximum absolute atomic E-state index is 13.3. The van der Waals surface area contributed by atoms with E-state index in [9.17, 15) is 19.8 Å². The molecule has 1 aromatic heterocycles. The third kappa shape index (κ3) is 4.59. The Bertz CT molecular complexity index is 1340. The average molecular weight is 530 g/mol. The molecule has 1 amide bonds. The maximum atomic E-state index is 13.3. The van der Waals surface area contributed by atoms with Crippen molar-refractivity contribution in [1.29, 1.82) is 0 Å². The number of halogens is 1. The number of aliphatic hydroxyl groups excluding tert-OH is 1. The van der Waals surface area contributed by atoms with Crippen LogP contribution in [0.4, 0.5) is 0 Å². The highest BCUT2D eigenvalue weighted by atomic mass is 35.5. The van der Waals surface area contributed by atoms with Gasteiger partial charge in [-0.15, -0.1) is 11.3 Å². The molecular weight excluding hydrogens is 506 g/mol. The summed E-state index contributed by atoms with van der Waals surface area (Å²) in [6.07, 6.45) is 0. The molecule has 1 saturated heterocycles. The van der Waals surface area contributed by atoms with Gasteiger partial charge >= 0.3 is 0 Å². The number of nitrogens with zero attached hydrogens (tertiary/aromatic N) is 1. The molecular formula is C26H24ClNO7S. The zero-order valence-corrected chi connectivity index (χ0v) is 21.4. The summed E-state index contributed by atoms with van der Waals surface area (Å²) in [5.74, 6) is -1.42. The summed E-state index contributed by atoms with van der Waals surface area (Å²) in [5, 5.41) is 23.7. The average Bonchev–Trinajstić information content (AvgIpc) is 3.47. The zero-order valence-electron chi connectivity index (χ0n) is 19.8. The van der Waals surface area contributed by atoms with E-state index in [1.807, 2.05) is 17.5 Å². The molecule has 0 saturated carbocycles. The molecule has 1 aliphatic heterocycles. The highest BCUT2D eigenvalue weighted by molar-refractivity contribution is 7.09. The highest BCUT2D eigenvalue weighted by Gasteiger charge is 2.46. The number of rotatable bonds is 8. The fourth-order valence-corrected chi connectivity index (χ4v) is 5.07. The summed E-state index contributed by atoms with van der Waals surface area (Å²) >= 11 is 7.75. The number of hydrogen-bond acceptors (Lipinski definition) is 8. The van der Waals surface area contributed by atoms with Crippen LogP contribution in [0.1, 0.15) is 29.0 Å². The molecule has 2 aromatic carbocycles. The van der Waals surface area contributed by atoms with Gasteiger partial charge in [0.05, 0.1) is 49.6 Å². The Morgan fingerprint density at radius 3 is 2.47 bits per heavy atom. The van der Waals surface area contributed by atoms with Gasteiger partial charge in [-0.25, -0.2) is 0 Å². The zero-order chi connectivity index (χ0) is 26.0. The lowest BCUT2D eigenvalue weighted by molar-refractivity contribution is -0.140. The number of carbonyl (C=O) groups is 2. The fraction of sp³-hybridized carbons (Fsp3) is 0.231. The molecule has 0 radical (unpaired) electrons. The number of phenols is 1. The predicted octanol–water partition coefficient (Wildman–Crippen LogP) is 5.14. The summed E-state index contributed by atoms with van der Waals surface area (Å²) in [6, 6.07) is 10.2. The minimum Gasteiger partial charge on any atom is -0.507 e. The molecule has 0 spiro atoms. The van der Waals surface area contributed by atoms with Crippen LogP contribution in [0, 0.1) is 0 Å². The van der Waals surface area contributed by atoms with Crippen LogP contribution in [0.3, 0.4) is 0 Å². The Morgan fingerprint density at radius 2 is 1.83 bits per heavy atom. The minimum absolute atomic E-state index is 0.0839. The number of aliphatic hydroxyl groups is 1. The molecule has 8 nitrogen and oxygen atoms in total. The summed E-state index contributed by atoms with van der Waals surface area (Å²) < 4.78 is 16.2. The number of phenolic OH excluding ortho intramolecular Hbond substituents is 1. The molecule has 1 atom stereocenters. The SMILES string of the molecule is CCOc1cc(C2/C(=C(\O)c3cc(Cl)c(OC)cc3OC)C(=O)C(=O)N2Cc2cccs2)ccc1O. The Kier molecular flexibility index (Phi) is 7.42. The number of ether oxygens (including phenoxy) is 3. The topological polar surface area (TPSA) is 106 Å². The van der Waals surface area contributed by atoms with Gasteiger partial charge in [-0.05, 0) is 42.1 Å². The number of amides is 1. The van der Waals surface area contributed by atoms with Gasteiger partial charge in [0.2, 0.25) is 0 Å². The van der Waals surface area contributed by atoms with Gasteiger partial charge in [-0.1, -0.05) is 23.7 Å². The van der Waals surface area contributed by atoms with Crippen LogP contribution in [0.15, 0.2) is 53.4 Å². The standard InChI is InChI=1S/C26H24ClNO7S/c1-4-35-21-10-14(7-8-18(21)29)23-22(25(31)26(32)28(23)13-15-6-5-9-36-15)24(30)16-11-17(27)20(34-3)12-19(16)33-2/h5-12,23,29-30H,4,13H2,1-3H3/b24-22+. The molecule has 1 fully saturated rings. The van der Waals surface area contributed by atoms with Gasteiger partial charge in [-0.3, -0.25) is 9.59 Å². The van der Waals surface area contributed by atoms with E-state index in [1.54, 1.807) is 19.1 Å². The first-order valence-corrected chi connectivity index (χ1v) is 12.2. The first-order chi connectivity index (χ1) is 17.3. The van der Waals surface area contributed by atoms with E-state index in [0.717, 1.165) is 4.88 Å². The van der Waals surface area contributed by atoms with E-state index in [0.29, 0.717) is 17.9 Å². The molecule has 3 aromatic rings. The van der Waals surface area contributed by atoms with Crippen molar-refractivity contribution in [2.45, 2.75) is 19.5 Å². The Labute approximate surface area is 216 Å². The summed E-state index contributed by atoms with van der Waals surface area (Å²) in [7, 11) is 2.84.